The summed E-state index contributed by atoms with van der Waals surface area (Å²) in [5.74, 6) is -1.29. The summed E-state index contributed by atoms with van der Waals surface area (Å²) in [7, 11) is -4.94. The number of hydrogen-bond donors (Lipinski definition) is 0. The highest BCUT2D eigenvalue weighted by Gasteiger charge is 2.19. The van der Waals surface area contributed by atoms with Crippen LogP contribution < -0.4 is 9.42 Å². The highest BCUT2D eigenvalue weighted by Crippen LogP contribution is 2.40. The molecule has 2 aromatic carbocycles. The number of hydrogen-bond acceptors (Lipinski definition) is 7. The summed E-state index contributed by atoms with van der Waals surface area (Å²) in [6.45, 7) is 0. The fraction of sp³-hybridized carbons (Fsp3) is 0. The monoisotopic (exact) mass is 322 g/mol. The normalized spacial score (nSPS) is 13.0. The highest BCUT2D eigenvalue weighted by atomic mass is 31.2. The second-order valence-electron chi connectivity index (χ2n) is 4.03. The van der Waals surface area contributed by atoms with E-state index in [1.165, 1.54) is 12.1 Å². The van der Waals surface area contributed by atoms with E-state index >= 15 is 0 Å². The summed E-state index contributed by atoms with van der Waals surface area (Å²) in [6.07, 6.45) is 0. The third kappa shape index (κ3) is 4.15. The Bertz CT molecular complexity index is 730. The quantitative estimate of drug-likeness (QED) is 0.470. The molecular formula is C13H9NO7P-. The minimum Gasteiger partial charge on any atom is -0.736 e. The number of nitrogens with zero attached hydrogens (tertiary/aromatic N) is 1. The molecule has 0 saturated heterocycles. The van der Waals surface area contributed by atoms with Crippen molar-refractivity contribution < 1.29 is 28.2 Å². The molecule has 0 N–H and O–H groups in total. The van der Waals surface area contributed by atoms with E-state index in [1.807, 2.05) is 0 Å². The van der Waals surface area contributed by atoms with E-state index in [9.17, 15) is 24.4 Å². The predicted octanol–water partition coefficient (Wildman–Crippen LogP) is 2.30. The van der Waals surface area contributed by atoms with Gasteiger partial charge < -0.3 is 13.9 Å². The van der Waals surface area contributed by atoms with Crippen LogP contribution in [0.5, 0.6) is 5.75 Å². The van der Waals surface area contributed by atoms with Crippen molar-refractivity contribution in [3.05, 3.63) is 70.3 Å². The number of benzene rings is 2. The molecule has 1 unspecified atom stereocenters. The fourth-order valence-corrected chi connectivity index (χ4v) is 2.23. The lowest BCUT2D eigenvalue weighted by molar-refractivity contribution is -0.384. The average molecular weight is 322 g/mol. The van der Waals surface area contributed by atoms with Crippen LogP contribution in [0.15, 0.2) is 54.6 Å². The summed E-state index contributed by atoms with van der Waals surface area (Å²) < 4.78 is 20.5. The minimum atomic E-state index is -4.94. The van der Waals surface area contributed by atoms with Crippen LogP contribution in [-0.4, -0.2) is 10.9 Å². The van der Waals surface area contributed by atoms with Gasteiger partial charge in [-0.25, -0.2) is 9.36 Å². The molecule has 22 heavy (non-hydrogen) atoms. The molecule has 0 saturated carbocycles. The van der Waals surface area contributed by atoms with Gasteiger partial charge in [0.15, 0.2) is 0 Å². The molecule has 0 amide bonds. The summed E-state index contributed by atoms with van der Waals surface area (Å²) in [5.41, 5.74) is -0.180. The maximum absolute atomic E-state index is 11.6. The van der Waals surface area contributed by atoms with Crippen LogP contribution in [-0.2, 0) is 9.09 Å². The van der Waals surface area contributed by atoms with Gasteiger partial charge in [0.05, 0.1) is 10.5 Å². The van der Waals surface area contributed by atoms with Crippen LogP contribution in [0.1, 0.15) is 10.4 Å². The Labute approximate surface area is 124 Å². The van der Waals surface area contributed by atoms with Crippen LogP contribution >= 0.6 is 7.82 Å². The Balaban J connectivity index is 2.06. The second-order valence-corrected chi connectivity index (χ2v) is 5.29. The molecule has 0 bridgehead atoms. The Morgan fingerprint density at radius 2 is 1.64 bits per heavy atom. The molecule has 9 heteroatoms. The van der Waals surface area contributed by atoms with E-state index in [1.54, 1.807) is 18.2 Å². The van der Waals surface area contributed by atoms with Crippen LogP contribution in [0.2, 0.25) is 0 Å². The molecule has 2 rings (SSSR count). The lowest BCUT2D eigenvalue weighted by Gasteiger charge is -2.22. The number of rotatable bonds is 5. The van der Waals surface area contributed by atoms with Crippen molar-refractivity contribution in [3.63, 3.8) is 0 Å². The number of carbonyl (C=O) groups is 1. The first-order chi connectivity index (χ1) is 10.4. The first-order valence-electron chi connectivity index (χ1n) is 5.91. The molecular weight excluding hydrogens is 313 g/mol. The molecule has 114 valence electrons. The molecule has 0 aromatic heterocycles. The van der Waals surface area contributed by atoms with E-state index < -0.39 is 18.7 Å². The molecule has 2 aromatic rings. The van der Waals surface area contributed by atoms with E-state index in [0.717, 1.165) is 24.3 Å². The smallest absolute Gasteiger partial charge is 0.374 e. The number of nitro groups is 1. The standard InChI is InChI=1S/C13H10NO7P/c15-13(10-4-2-1-3-5-10)21-22(18,19)20-12-8-6-11(7-9-12)14(16)17/h1-9H,(H,18,19)/p-1. The zero-order chi connectivity index (χ0) is 16.2. The van der Waals surface area contributed by atoms with Crippen LogP contribution in [0.25, 0.3) is 0 Å². The number of non-ortho nitro benzene ring substituents is 1. The van der Waals surface area contributed by atoms with Crippen LogP contribution in [0.3, 0.4) is 0 Å². The first-order valence-corrected chi connectivity index (χ1v) is 7.37. The third-order valence-electron chi connectivity index (χ3n) is 2.47. The van der Waals surface area contributed by atoms with E-state index in [0.29, 0.717) is 0 Å². The van der Waals surface area contributed by atoms with Crippen molar-refractivity contribution in [3.8, 4) is 5.75 Å². The maximum Gasteiger partial charge on any atom is 0.374 e. The second kappa shape index (κ2) is 6.38. The molecule has 0 aliphatic rings. The topological polar surface area (TPSA) is 119 Å². The molecule has 1 atom stereocenters. The minimum absolute atomic E-state index is 0.0471. The summed E-state index contributed by atoms with van der Waals surface area (Å²) in [6, 6.07) is 11.8. The Hall–Kier alpha value is -2.70. The van der Waals surface area contributed by atoms with Crippen LogP contribution in [0, 0.1) is 10.1 Å². The average Bonchev–Trinajstić information content (AvgIpc) is 2.47. The van der Waals surface area contributed by atoms with Gasteiger partial charge in [-0.2, -0.15) is 0 Å². The van der Waals surface area contributed by atoms with Crippen LogP contribution in [0.4, 0.5) is 5.69 Å². The molecule has 0 heterocycles. The van der Waals surface area contributed by atoms with Gasteiger partial charge in [-0.15, -0.1) is 0 Å². The van der Waals surface area contributed by atoms with Crippen molar-refractivity contribution in [1.82, 2.24) is 0 Å². The number of phosphoric ester groups is 1. The van der Waals surface area contributed by atoms with Gasteiger partial charge in [-0.1, -0.05) is 18.2 Å². The predicted molar refractivity (Wildman–Crippen MR) is 73.2 cm³/mol. The number of phosphoric acid groups is 1. The molecule has 0 aliphatic heterocycles. The van der Waals surface area contributed by atoms with Crippen molar-refractivity contribution in [1.29, 1.82) is 0 Å². The lowest BCUT2D eigenvalue weighted by atomic mass is 10.2. The van der Waals surface area contributed by atoms with Crippen molar-refractivity contribution in [2.24, 2.45) is 0 Å². The van der Waals surface area contributed by atoms with Crippen molar-refractivity contribution >= 4 is 19.5 Å². The first kappa shape index (κ1) is 15.7. The molecule has 8 nitrogen and oxygen atoms in total. The molecule has 0 radical (unpaired) electrons. The summed E-state index contributed by atoms with van der Waals surface area (Å²) >= 11 is 0. The fourth-order valence-electron chi connectivity index (χ4n) is 1.50. The SMILES string of the molecule is O=C(OP(=O)([O-])Oc1ccc([N+](=O)[O-])cc1)c1ccccc1. The maximum atomic E-state index is 11.6. The Morgan fingerprint density at radius 3 is 2.18 bits per heavy atom. The van der Waals surface area contributed by atoms with Crippen molar-refractivity contribution in [2.45, 2.75) is 0 Å². The molecule has 0 fully saturated rings. The lowest BCUT2D eigenvalue weighted by Crippen LogP contribution is -2.15. The zero-order valence-electron chi connectivity index (χ0n) is 10.9. The zero-order valence-corrected chi connectivity index (χ0v) is 11.8. The van der Waals surface area contributed by atoms with Crippen molar-refractivity contribution in [2.75, 3.05) is 0 Å². The van der Waals surface area contributed by atoms with E-state index in [4.69, 9.17) is 0 Å². The Morgan fingerprint density at radius 1 is 1.05 bits per heavy atom. The van der Waals surface area contributed by atoms with Gasteiger partial charge in [0.25, 0.3) is 5.69 Å². The van der Waals surface area contributed by atoms with Gasteiger partial charge in [-0.3, -0.25) is 10.1 Å². The Kier molecular flexibility index (Phi) is 4.55. The third-order valence-corrected chi connectivity index (χ3v) is 3.29. The molecule has 0 aliphatic carbocycles. The van der Waals surface area contributed by atoms with Gasteiger partial charge in [-0.05, 0) is 24.3 Å². The number of carbonyl (C=O) groups excluding carboxylic acids is 1. The van der Waals surface area contributed by atoms with E-state index in [-0.39, 0.29) is 17.0 Å². The largest absolute Gasteiger partial charge is 0.736 e. The molecule has 0 spiro atoms. The van der Waals surface area contributed by atoms with Gasteiger partial charge >= 0.3 is 13.8 Å². The summed E-state index contributed by atoms with van der Waals surface area (Å²) in [5, 5.41) is 10.5. The highest BCUT2D eigenvalue weighted by molar-refractivity contribution is 7.47. The van der Waals surface area contributed by atoms with Gasteiger partial charge in [0.1, 0.15) is 5.75 Å². The summed E-state index contributed by atoms with van der Waals surface area (Å²) in [4.78, 5) is 33.1. The van der Waals surface area contributed by atoms with Gasteiger partial charge in [0.2, 0.25) is 0 Å². The number of nitro benzene ring substituents is 1. The van der Waals surface area contributed by atoms with Gasteiger partial charge in [0, 0.05) is 12.1 Å². The van der Waals surface area contributed by atoms with E-state index in [2.05, 4.69) is 9.05 Å².